The fraction of sp³-hybridized carbons (Fsp3) is 0.111. The van der Waals surface area contributed by atoms with Gasteiger partial charge in [0, 0.05) is 26.4 Å². The van der Waals surface area contributed by atoms with Gasteiger partial charge < -0.3 is 0 Å². The normalized spacial score (nSPS) is 10.8. The fourth-order valence-corrected chi connectivity index (χ4v) is 5.21. The lowest BCUT2D eigenvalue weighted by Crippen LogP contribution is -1.91. The first-order valence-corrected chi connectivity index (χ1v) is 10.5. The summed E-state index contributed by atoms with van der Waals surface area (Å²) >= 11 is 22.0. The van der Waals surface area contributed by atoms with E-state index >= 15 is 0 Å². The van der Waals surface area contributed by atoms with E-state index in [0.29, 0.717) is 10.9 Å². The Morgan fingerprint density at radius 1 is 0.760 bits per heavy atom. The van der Waals surface area contributed by atoms with Crippen molar-refractivity contribution in [3.8, 4) is 0 Å². The van der Waals surface area contributed by atoms with Crippen molar-refractivity contribution in [2.24, 2.45) is 0 Å². The summed E-state index contributed by atoms with van der Waals surface area (Å²) in [4.78, 5) is 1.89. The van der Waals surface area contributed by atoms with Gasteiger partial charge in [-0.25, -0.2) is 0 Å². The molecule has 0 atom stereocenters. The zero-order chi connectivity index (χ0) is 17.6. The molecule has 128 valence electrons. The number of benzene rings is 2. The van der Waals surface area contributed by atoms with Gasteiger partial charge in [-0.05, 0) is 23.3 Å². The Labute approximate surface area is 170 Å². The van der Waals surface area contributed by atoms with E-state index in [1.54, 1.807) is 29.7 Å². The lowest BCUT2D eigenvalue weighted by atomic mass is 10.2. The minimum absolute atomic E-state index is 0.404. The lowest BCUT2D eigenvalue weighted by Gasteiger charge is -2.10. The van der Waals surface area contributed by atoms with Gasteiger partial charge in [0.25, 0.3) is 0 Å². The largest absolute Gasteiger partial charge is 0.166 e. The predicted octanol–water partition coefficient (Wildman–Crippen LogP) is 7.02. The van der Waals surface area contributed by atoms with Crippen LogP contribution in [0.3, 0.4) is 0 Å². The van der Waals surface area contributed by atoms with Gasteiger partial charge in [0.05, 0.1) is 11.1 Å². The summed E-state index contributed by atoms with van der Waals surface area (Å²) in [7, 11) is 0. The standard InChI is InChI=1S/C18H13Cl3N2S2/c19-14-7-3-1-5-12(14)10-24-16-9-22-23-18(21)17(16)25-11-13-6-2-4-8-15(13)20/h1-9H,10-11H2. The molecule has 0 aliphatic carbocycles. The number of rotatable bonds is 6. The molecule has 0 unspecified atom stereocenters. The summed E-state index contributed by atoms with van der Waals surface area (Å²) in [6.45, 7) is 0. The van der Waals surface area contributed by atoms with Crippen LogP contribution in [-0.4, -0.2) is 10.2 Å². The van der Waals surface area contributed by atoms with E-state index in [0.717, 1.165) is 36.7 Å². The quantitative estimate of drug-likeness (QED) is 0.395. The van der Waals surface area contributed by atoms with E-state index in [1.807, 2.05) is 48.5 Å². The molecule has 0 aliphatic heterocycles. The van der Waals surface area contributed by atoms with Crippen LogP contribution in [0.2, 0.25) is 15.2 Å². The first-order chi connectivity index (χ1) is 12.1. The van der Waals surface area contributed by atoms with Crippen molar-refractivity contribution < 1.29 is 0 Å². The lowest BCUT2D eigenvalue weighted by molar-refractivity contribution is 0.944. The van der Waals surface area contributed by atoms with Crippen molar-refractivity contribution in [3.63, 3.8) is 0 Å². The smallest absolute Gasteiger partial charge is 0.156 e. The van der Waals surface area contributed by atoms with Crippen LogP contribution in [0, 0.1) is 0 Å². The fourth-order valence-electron chi connectivity index (χ4n) is 2.11. The van der Waals surface area contributed by atoms with Gasteiger partial charge in [0.2, 0.25) is 0 Å². The molecule has 1 aromatic heterocycles. The summed E-state index contributed by atoms with van der Waals surface area (Å²) < 4.78 is 0. The van der Waals surface area contributed by atoms with Crippen LogP contribution in [-0.2, 0) is 11.5 Å². The third kappa shape index (κ3) is 5.05. The highest BCUT2D eigenvalue weighted by Crippen LogP contribution is 2.38. The van der Waals surface area contributed by atoms with E-state index < -0.39 is 0 Å². The van der Waals surface area contributed by atoms with Gasteiger partial charge in [-0.1, -0.05) is 71.2 Å². The van der Waals surface area contributed by atoms with E-state index in [2.05, 4.69) is 10.2 Å². The molecule has 0 amide bonds. The molecule has 0 saturated carbocycles. The number of halogens is 3. The highest BCUT2D eigenvalue weighted by Gasteiger charge is 2.13. The second-order valence-corrected chi connectivity index (χ2v) is 8.26. The van der Waals surface area contributed by atoms with Crippen molar-refractivity contribution in [2.75, 3.05) is 0 Å². The maximum Gasteiger partial charge on any atom is 0.166 e. The molecule has 25 heavy (non-hydrogen) atoms. The maximum atomic E-state index is 6.28. The van der Waals surface area contributed by atoms with Gasteiger partial charge in [-0.2, -0.15) is 5.10 Å². The molecule has 0 saturated heterocycles. The summed E-state index contributed by atoms with van der Waals surface area (Å²) in [5, 5.41) is 9.86. The molecule has 0 bridgehead atoms. The Bertz CT molecular complexity index is 874. The van der Waals surface area contributed by atoms with Gasteiger partial charge >= 0.3 is 0 Å². The van der Waals surface area contributed by atoms with Crippen molar-refractivity contribution in [1.82, 2.24) is 10.2 Å². The molecule has 0 radical (unpaired) electrons. The second kappa shape index (κ2) is 9.15. The molecule has 2 nitrogen and oxygen atoms in total. The number of hydrogen-bond acceptors (Lipinski definition) is 4. The van der Waals surface area contributed by atoms with E-state index in [4.69, 9.17) is 34.8 Å². The molecule has 1 heterocycles. The van der Waals surface area contributed by atoms with E-state index in [-0.39, 0.29) is 0 Å². The second-order valence-electron chi connectivity index (χ2n) is 5.09. The van der Waals surface area contributed by atoms with Gasteiger partial charge in [0.15, 0.2) is 5.15 Å². The summed E-state index contributed by atoms with van der Waals surface area (Å²) in [6, 6.07) is 15.6. The van der Waals surface area contributed by atoms with E-state index in [9.17, 15) is 0 Å². The zero-order valence-corrected chi connectivity index (χ0v) is 16.9. The monoisotopic (exact) mass is 426 g/mol. The number of thioether (sulfide) groups is 2. The van der Waals surface area contributed by atoms with Crippen LogP contribution in [0.15, 0.2) is 64.5 Å². The van der Waals surface area contributed by atoms with E-state index in [1.165, 1.54) is 0 Å². The Kier molecular flexibility index (Phi) is 6.91. The third-order valence-electron chi connectivity index (χ3n) is 3.40. The summed E-state index contributed by atoms with van der Waals surface area (Å²) in [5.74, 6) is 1.45. The molecule has 0 aliphatic rings. The van der Waals surface area contributed by atoms with Crippen molar-refractivity contribution in [1.29, 1.82) is 0 Å². The van der Waals surface area contributed by atoms with Crippen LogP contribution in [0.25, 0.3) is 0 Å². The molecule has 3 rings (SSSR count). The highest BCUT2D eigenvalue weighted by atomic mass is 35.5. The molecule has 3 aromatic rings. The van der Waals surface area contributed by atoms with Crippen molar-refractivity contribution in [2.45, 2.75) is 21.3 Å². The van der Waals surface area contributed by atoms with Crippen molar-refractivity contribution >= 4 is 58.3 Å². The SMILES string of the molecule is Clc1ccccc1CSc1cnnc(Cl)c1SCc1ccccc1Cl. The average Bonchev–Trinajstić information content (AvgIpc) is 2.61. The van der Waals surface area contributed by atoms with Crippen LogP contribution in [0.1, 0.15) is 11.1 Å². The van der Waals surface area contributed by atoms with Crippen molar-refractivity contribution in [3.05, 3.63) is 81.1 Å². The number of aromatic nitrogens is 2. The third-order valence-corrected chi connectivity index (χ3v) is 6.88. The van der Waals surface area contributed by atoms with Crippen LogP contribution in [0.5, 0.6) is 0 Å². The van der Waals surface area contributed by atoms with Crippen LogP contribution in [0.4, 0.5) is 0 Å². The number of hydrogen-bond donors (Lipinski definition) is 0. The molecule has 0 fully saturated rings. The minimum Gasteiger partial charge on any atom is -0.156 e. The first-order valence-electron chi connectivity index (χ1n) is 7.38. The predicted molar refractivity (Wildman–Crippen MR) is 109 cm³/mol. The highest BCUT2D eigenvalue weighted by molar-refractivity contribution is 8.01. The Morgan fingerprint density at radius 2 is 1.32 bits per heavy atom. The van der Waals surface area contributed by atoms with Crippen LogP contribution >= 0.6 is 58.3 Å². The van der Waals surface area contributed by atoms with Crippen LogP contribution < -0.4 is 0 Å². The molecule has 0 spiro atoms. The first kappa shape index (κ1) is 18.9. The molecule has 0 N–H and O–H groups in total. The molecular formula is C18H13Cl3N2S2. The zero-order valence-electron chi connectivity index (χ0n) is 13.0. The number of nitrogens with zero attached hydrogens (tertiary/aromatic N) is 2. The summed E-state index contributed by atoms with van der Waals surface area (Å²) in [5.41, 5.74) is 2.13. The minimum atomic E-state index is 0.404. The maximum absolute atomic E-state index is 6.28. The molecule has 7 heteroatoms. The van der Waals surface area contributed by atoms with Gasteiger partial charge in [-0.3, -0.25) is 0 Å². The average molecular weight is 428 g/mol. The molecular weight excluding hydrogens is 415 g/mol. The van der Waals surface area contributed by atoms with Gasteiger partial charge in [-0.15, -0.1) is 28.6 Å². The Balaban J connectivity index is 1.75. The summed E-state index contributed by atoms with van der Waals surface area (Å²) in [6.07, 6.45) is 1.74. The topological polar surface area (TPSA) is 25.8 Å². The van der Waals surface area contributed by atoms with Gasteiger partial charge in [0.1, 0.15) is 0 Å². The molecule has 2 aromatic carbocycles. The Morgan fingerprint density at radius 3 is 1.92 bits per heavy atom. The Hall–Kier alpha value is -0.910.